The standard InChI is InChI=1S/C14H25N3O4/c1-12(14(20)17-8-10-21-11-9-17)16-6-4-15(5-7-16)3-2-13(18)19/h12H,2-11H2,1H3,(H,18,19). The van der Waals surface area contributed by atoms with Gasteiger partial charge in [-0.25, -0.2) is 0 Å². The van der Waals surface area contributed by atoms with E-state index in [0.717, 1.165) is 26.2 Å². The second-order valence-corrected chi connectivity index (χ2v) is 5.63. The summed E-state index contributed by atoms with van der Waals surface area (Å²) in [4.78, 5) is 29.2. The van der Waals surface area contributed by atoms with E-state index in [9.17, 15) is 9.59 Å². The van der Waals surface area contributed by atoms with Crippen LogP contribution in [0.1, 0.15) is 13.3 Å². The Bertz CT molecular complexity index is 363. The van der Waals surface area contributed by atoms with Gasteiger partial charge in [0.25, 0.3) is 0 Å². The summed E-state index contributed by atoms with van der Waals surface area (Å²) >= 11 is 0. The lowest BCUT2D eigenvalue weighted by atomic mass is 10.2. The van der Waals surface area contributed by atoms with Gasteiger partial charge in [0.05, 0.1) is 25.7 Å². The first-order valence-corrected chi connectivity index (χ1v) is 7.62. The number of amides is 1. The van der Waals surface area contributed by atoms with Gasteiger partial charge in [-0.15, -0.1) is 0 Å². The average molecular weight is 299 g/mol. The Morgan fingerprint density at radius 1 is 1.10 bits per heavy atom. The molecule has 0 bridgehead atoms. The maximum absolute atomic E-state index is 12.4. The molecule has 7 heteroatoms. The fourth-order valence-corrected chi connectivity index (χ4v) is 2.83. The van der Waals surface area contributed by atoms with Crippen molar-refractivity contribution in [2.45, 2.75) is 19.4 Å². The van der Waals surface area contributed by atoms with Gasteiger partial charge in [-0.2, -0.15) is 0 Å². The van der Waals surface area contributed by atoms with Crippen LogP contribution in [0.2, 0.25) is 0 Å². The zero-order valence-corrected chi connectivity index (χ0v) is 12.7. The first kappa shape index (κ1) is 16.2. The number of rotatable bonds is 5. The van der Waals surface area contributed by atoms with Crippen LogP contribution in [0.25, 0.3) is 0 Å². The Kier molecular flexibility index (Phi) is 5.96. The largest absolute Gasteiger partial charge is 0.481 e. The number of hydrogen-bond acceptors (Lipinski definition) is 5. The molecule has 0 saturated carbocycles. The number of nitrogens with zero attached hydrogens (tertiary/aromatic N) is 3. The van der Waals surface area contributed by atoms with E-state index in [0.29, 0.717) is 32.8 Å². The summed E-state index contributed by atoms with van der Waals surface area (Å²) in [6, 6.07) is -0.107. The molecule has 1 N–H and O–H groups in total. The van der Waals surface area contributed by atoms with Crippen LogP contribution >= 0.6 is 0 Å². The quantitative estimate of drug-likeness (QED) is 0.725. The third-order valence-electron chi connectivity index (χ3n) is 4.28. The second-order valence-electron chi connectivity index (χ2n) is 5.63. The molecule has 2 saturated heterocycles. The zero-order valence-electron chi connectivity index (χ0n) is 12.7. The monoisotopic (exact) mass is 299 g/mol. The van der Waals surface area contributed by atoms with Gasteiger partial charge in [-0.3, -0.25) is 14.5 Å². The number of carboxylic acids is 1. The number of carboxylic acid groups (broad SMARTS) is 1. The molecule has 0 aromatic rings. The molecule has 1 amide bonds. The highest BCUT2D eigenvalue weighted by atomic mass is 16.5. The third-order valence-corrected chi connectivity index (χ3v) is 4.28. The number of hydrogen-bond donors (Lipinski definition) is 1. The molecule has 1 atom stereocenters. The van der Waals surface area contributed by atoms with Crippen molar-refractivity contribution in [1.82, 2.24) is 14.7 Å². The molecule has 0 radical (unpaired) electrons. The predicted octanol–water partition coefficient (Wildman–Crippen LogP) is -0.674. The van der Waals surface area contributed by atoms with Crippen LogP contribution in [0, 0.1) is 0 Å². The predicted molar refractivity (Wildman–Crippen MR) is 77.1 cm³/mol. The molecule has 0 aliphatic carbocycles. The number of carbonyl (C=O) groups is 2. The zero-order chi connectivity index (χ0) is 15.2. The van der Waals surface area contributed by atoms with Crippen LogP contribution in [0.15, 0.2) is 0 Å². The average Bonchev–Trinajstić information content (AvgIpc) is 2.53. The fraction of sp³-hybridized carbons (Fsp3) is 0.857. The van der Waals surface area contributed by atoms with Gasteiger partial charge in [-0.1, -0.05) is 0 Å². The Hall–Kier alpha value is -1.18. The molecule has 0 spiro atoms. The van der Waals surface area contributed by atoms with Gasteiger partial charge in [0, 0.05) is 45.8 Å². The summed E-state index contributed by atoms with van der Waals surface area (Å²) in [6.07, 6.45) is 0.183. The SMILES string of the molecule is CC(C(=O)N1CCOCC1)N1CCN(CCC(=O)O)CC1. The molecule has 0 aromatic carbocycles. The number of piperazine rings is 1. The Morgan fingerprint density at radius 2 is 1.71 bits per heavy atom. The normalized spacial score (nSPS) is 23.0. The van der Waals surface area contributed by atoms with Gasteiger partial charge < -0.3 is 19.6 Å². The van der Waals surface area contributed by atoms with Crippen LogP contribution in [0.3, 0.4) is 0 Å². The Morgan fingerprint density at radius 3 is 2.29 bits per heavy atom. The maximum Gasteiger partial charge on any atom is 0.304 e. The molecule has 2 heterocycles. The molecule has 0 aromatic heterocycles. The molecule has 120 valence electrons. The van der Waals surface area contributed by atoms with Crippen molar-refractivity contribution in [2.75, 3.05) is 59.0 Å². The number of aliphatic carboxylic acids is 1. The van der Waals surface area contributed by atoms with Crippen molar-refractivity contribution in [3.05, 3.63) is 0 Å². The fourth-order valence-electron chi connectivity index (χ4n) is 2.83. The van der Waals surface area contributed by atoms with Gasteiger partial charge in [0.15, 0.2) is 0 Å². The van der Waals surface area contributed by atoms with Crippen molar-refractivity contribution in [3.63, 3.8) is 0 Å². The molecule has 2 rings (SSSR count). The van der Waals surface area contributed by atoms with Gasteiger partial charge >= 0.3 is 5.97 Å². The summed E-state index contributed by atoms with van der Waals surface area (Å²) in [6.45, 7) is 8.46. The van der Waals surface area contributed by atoms with Crippen molar-refractivity contribution in [3.8, 4) is 0 Å². The van der Waals surface area contributed by atoms with Crippen LogP contribution in [0.4, 0.5) is 0 Å². The topological polar surface area (TPSA) is 73.3 Å². The number of carbonyl (C=O) groups excluding carboxylic acids is 1. The summed E-state index contributed by atoms with van der Waals surface area (Å²) in [5, 5.41) is 8.70. The molecule has 2 aliphatic heterocycles. The minimum Gasteiger partial charge on any atom is -0.481 e. The molecular formula is C14H25N3O4. The summed E-state index contributed by atoms with van der Waals surface area (Å²) in [5.41, 5.74) is 0. The molecule has 21 heavy (non-hydrogen) atoms. The van der Waals surface area contributed by atoms with E-state index in [-0.39, 0.29) is 18.4 Å². The lowest BCUT2D eigenvalue weighted by molar-refractivity contribution is -0.141. The second kappa shape index (κ2) is 7.72. The first-order valence-electron chi connectivity index (χ1n) is 7.62. The van der Waals surface area contributed by atoms with E-state index in [1.54, 1.807) is 0 Å². The molecule has 2 aliphatic rings. The van der Waals surface area contributed by atoms with Crippen LogP contribution in [-0.2, 0) is 14.3 Å². The minimum absolute atomic E-state index is 0.107. The van der Waals surface area contributed by atoms with E-state index in [1.807, 2.05) is 11.8 Å². The van der Waals surface area contributed by atoms with Crippen molar-refractivity contribution < 1.29 is 19.4 Å². The van der Waals surface area contributed by atoms with E-state index >= 15 is 0 Å². The third kappa shape index (κ3) is 4.66. The summed E-state index contributed by atoms with van der Waals surface area (Å²) in [7, 11) is 0. The van der Waals surface area contributed by atoms with Crippen LogP contribution < -0.4 is 0 Å². The lowest BCUT2D eigenvalue weighted by Crippen LogP contribution is -2.56. The van der Waals surface area contributed by atoms with Crippen molar-refractivity contribution in [2.24, 2.45) is 0 Å². The van der Waals surface area contributed by atoms with E-state index in [1.165, 1.54) is 0 Å². The smallest absolute Gasteiger partial charge is 0.304 e. The van der Waals surface area contributed by atoms with Crippen LogP contribution in [0.5, 0.6) is 0 Å². The molecule has 7 nitrogen and oxygen atoms in total. The number of ether oxygens (including phenoxy) is 1. The van der Waals surface area contributed by atoms with Crippen molar-refractivity contribution >= 4 is 11.9 Å². The Balaban J connectivity index is 1.75. The van der Waals surface area contributed by atoms with E-state index in [2.05, 4.69) is 9.80 Å². The summed E-state index contributed by atoms with van der Waals surface area (Å²) < 4.78 is 5.27. The van der Waals surface area contributed by atoms with Gasteiger partial charge in [0.1, 0.15) is 0 Å². The number of morpholine rings is 1. The lowest BCUT2D eigenvalue weighted by Gasteiger charge is -2.39. The van der Waals surface area contributed by atoms with Crippen LogP contribution in [-0.4, -0.2) is 96.8 Å². The minimum atomic E-state index is -0.756. The molecular weight excluding hydrogens is 274 g/mol. The molecule has 2 fully saturated rings. The summed E-state index contributed by atoms with van der Waals surface area (Å²) in [5.74, 6) is -0.578. The maximum atomic E-state index is 12.4. The van der Waals surface area contributed by atoms with E-state index in [4.69, 9.17) is 9.84 Å². The van der Waals surface area contributed by atoms with Gasteiger partial charge in [-0.05, 0) is 6.92 Å². The first-order chi connectivity index (χ1) is 10.1. The van der Waals surface area contributed by atoms with E-state index < -0.39 is 5.97 Å². The highest BCUT2D eigenvalue weighted by molar-refractivity contribution is 5.81. The highest BCUT2D eigenvalue weighted by Crippen LogP contribution is 2.10. The Labute approximate surface area is 125 Å². The highest BCUT2D eigenvalue weighted by Gasteiger charge is 2.29. The van der Waals surface area contributed by atoms with Gasteiger partial charge in [0.2, 0.25) is 5.91 Å². The molecule has 1 unspecified atom stereocenters. The van der Waals surface area contributed by atoms with Crippen molar-refractivity contribution in [1.29, 1.82) is 0 Å².